The van der Waals surface area contributed by atoms with Crippen LogP contribution in [0.4, 0.5) is 0 Å². The molecule has 0 saturated heterocycles. The Morgan fingerprint density at radius 1 is 0.510 bits per heavy atom. The summed E-state index contributed by atoms with van der Waals surface area (Å²) >= 11 is 0. The van der Waals surface area contributed by atoms with Crippen LogP contribution in [0, 0.1) is 12.3 Å². The third-order valence-corrected chi connectivity index (χ3v) is 21.2. The van der Waals surface area contributed by atoms with E-state index in [9.17, 15) is 0 Å². The molecule has 1 aliphatic carbocycles. The molecule has 1 aliphatic heterocycles. The second-order valence-electron chi connectivity index (χ2n) is 13.8. The van der Waals surface area contributed by atoms with Crippen molar-refractivity contribution in [2.45, 2.75) is 50.1 Å². The van der Waals surface area contributed by atoms with Gasteiger partial charge in [-0.25, -0.2) is 0 Å². The number of hydrogen-bond donors (Lipinski definition) is 0. The summed E-state index contributed by atoms with van der Waals surface area (Å²) in [6, 6.07) is 60.6. The average Bonchev–Trinajstić information content (AvgIpc) is 3.41. The summed E-state index contributed by atoms with van der Waals surface area (Å²) in [6.07, 6.45) is 12.9. The number of hydrogen-bond acceptors (Lipinski definition) is 0. The van der Waals surface area contributed by atoms with Gasteiger partial charge < -0.3 is 6.42 Å². The first-order valence-electron chi connectivity index (χ1n) is 17.7. The molecule has 6 aromatic carbocycles. The van der Waals surface area contributed by atoms with Crippen molar-refractivity contribution in [1.82, 2.24) is 0 Å². The molecule has 6 aromatic rings. The quantitative estimate of drug-likeness (QED) is 0.0681. The Labute approximate surface area is 340 Å². The van der Waals surface area contributed by atoms with Crippen molar-refractivity contribution in [1.29, 1.82) is 0 Å². The normalized spacial score (nSPS) is 16.7. The molecule has 0 aromatic heterocycles. The summed E-state index contributed by atoms with van der Waals surface area (Å²) in [5.74, 6) is 2.60. The molecule has 0 spiro atoms. The minimum atomic E-state index is -1.63. The predicted octanol–water partition coefficient (Wildman–Crippen LogP) is 8.45. The number of benzene rings is 6. The maximum absolute atomic E-state index is 7.47. The fourth-order valence-electron chi connectivity index (χ4n) is 8.43. The van der Waals surface area contributed by atoms with Gasteiger partial charge in [-0.3, -0.25) is 5.92 Å². The van der Waals surface area contributed by atoms with Crippen LogP contribution in [0.3, 0.4) is 0 Å². The van der Waals surface area contributed by atoms with Crippen LogP contribution in [0.2, 0.25) is 13.1 Å². The molecule has 5 heteroatoms. The summed E-state index contributed by atoms with van der Waals surface area (Å²) in [5, 5.41) is 9.14. The summed E-state index contributed by atoms with van der Waals surface area (Å²) in [7, 11) is -3.39. The summed E-state index contributed by atoms with van der Waals surface area (Å²) in [6.45, 7) is 4.72. The maximum Gasteiger partial charge on any atom is 1.00 e. The van der Waals surface area contributed by atoms with Crippen molar-refractivity contribution in [3.8, 4) is 17.0 Å². The van der Waals surface area contributed by atoms with E-state index in [1.54, 1.807) is 21.2 Å². The van der Waals surface area contributed by atoms with Crippen molar-refractivity contribution in [2.24, 2.45) is 0 Å². The van der Waals surface area contributed by atoms with E-state index in [-0.39, 0.29) is 44.8 Å². The smallest absolute Gasteiger partial charge is 0.366 e. The molecular formula is C46H45Au2P2Si+2. The molecule has 51 heavy (non-hydrogen) atoms. The fraction of sp³-hybridized carbons (Fsp3) is 0.174. The Kier molecular flexibility index (Phi) is 14.3. The van der Waals surface area contributed by atoms with Gasteiger partial charge in [0.15, 0.2) is 0 Å². The number of fused-ring (bicyclic) bond motifs is 3. The fourth-order valence-corrected chi connectivity index (χ4v) is 19.5. The molecule has 1 radical (unpaired) electrons. The summed E-state index contributed by atoms with van der Waals surface area (Å²) < 4.78 is 0. The van der Waals surface area contributed by atoms with Crippen molar-refractivity contribution < 1.29 is 44.8 Å². The molecule has 0 N–H and O–H groups in total. The third-order valence-electron chi connectivity index (χ3n) is 10.6. The van der Waals surface area contributed by atoms with Gasteiger partial charge in [0, 0.05) is 22.4 Å². The SMILES string of the molecule is [Au+].[Au].[C-]#Cc1cccc2c1[Si](C)(C)c1ccccc1-2.c1ccc([PH+](c2ccccc2)C2CCCCC2[PH+](c2ccccc2)c2ccccc2)cc1. The van der Waals surface area contributed by atoms with Gasteiger partial charge in [-0.2, -0.15) is 0 Å². The van der Waals surface area contributed by atoms with Gasteiger partial charge in [0.2, 0.25) is 0 Å². The Hall–Kier alpha value is -2.56. The first-order valence-corrected chi connectivity index (χ1v) is 23.8. The molecule has 0 amide bonds. The van der Waals surface area contributed by atoms with Crippen LogP contribution in [-0.4, -0.2) is 19.4 Å². The zero-order chi connectivity index (χ0) is 33.6. The van der Waals surface area contributed by atoms with Gasteiger partial charge in [-0.15, -0.1) is 16.8 Å². The molecule has 0 bridgehead atoms. The van der Waals surface area contributed by atoms with Gasteiger partial charge in [0.25, 0.3) is 0 Å². The van der Waals surface area contributed by atoms with Gasteiger partial charge in [-0.1, -0.05) is 122 Å². The first-order chi connectivity index (χ1) is 24.1. The Bertz CT molecular complexity index is 1860. The third kappa shape index (κ3) is 8.48. The van der Waals surface area contributed by atoms with Crippen molar-refractivity contribution in [2.75, 3.05) is 0 Å². The largest absolute Gasteiger partial charge is 1.00 e. The summed E-state index contributed by atoms with van der Waals surface area (Å²) in [5.41, 5.74) is 5.15. The predicted molar refractivity (Wildman–Crippen MR) is 222 cm³/mol. The molecule has 0 nitrogen and oxygen atoms in total. The van der Waals surface area contributed by atoms with Gasteiger partial charge >= 0.3 is 22.4 Å². The maximum atomic E-state index is 7.47. The second kappa shape index (κ2) is 18.5. The van der Waals surface area contributed by atoms with E-state index >= 15 is 0 Å². The Morgan fingerprint density at radius 3 is 1.29 bits per heavy atom. The zero-order valence-corrected chi connectivity index (χ0v) is 36.5. The van der Waals surface area contributed by atoms with E-state index in [2.05, 4.69) is 171 Å². The molecule has 2 aliphatic rings. The van der Waals surface area contributed by atoms with Crippen LogP contribution in [0.5, 0.6) is 0 Å². The van der Waals surface area contributed by atoms with Crippen LogP contribution in [0.1, 0.15) is 31.2 Å². The van der Waals surface area contributed by atoms with Crippen LogP contribution in [0.15, 0.2) is 164 Å². The van der Waals surface area contributed by atoms with E-state index in [1.165, 1.54) is 47.2 Å². The van der Waals surface area contributed by atoms with E-state index in [1.807, 2.05) is 12.1 Å². The second-order valence-corrected chi connectivity index (χ2v) is 23.5. The van der Waals surface area contributed by atoms with E-state index in [0.717, 1.165) is 16.9 Å². The monoisotopic (exact) mass is 1080 g/mol. The average molecular weight is 1080 g/mol. The Balaban J connectivity index is 0.000000225. The van der Waals surface area contributed by atoms with Gasteiger partial charge in [-0.05, 0) is 90.5 Å². The topological polar surface area (TPSA) is 0 Å². The van der Waals surface area contributed by atoms with Crippen LogP contribution < -0.4 is 31.6 Å². The Morgan fingerprint density at radius 2 is 0.882 bits per heavy atom. The molecule has 1 fully saturated rings. The van der Waals surface area contributed by atoms with E-state index in [0.29, 0.717) is 0 Å². The minimum absolute atomic E-state index is 0. The number of rotatable bonds is 6. The standard InChI is InChI=1S/C30H30P2.C16H13Si.2Au/c1-5-15-25(16-6-1)31(26-17-7-2-8-18-26)29-23-13-14-24-30(29)32(27-19-9-3-10-20-27)28-21-11-4-12-22-28;1-4-12-8-7-10-14-13-9-5-6-11-15(13)17(2,3)16(12)14;;/h1-12,15-22,29-30H,13-14,23-24H2;5-11H,2-3H3;;/q;-1;;+1/p+2. The van der Waals surface area contributed by atoms with Crippen molar-refractivity contribution >= 4 is 55.5 Å². The molecule has 2 unspecified atom stereocenters. The molecule has 1 saturated carbocycles. The zero-order valence-electron chi connectivity index (χ0n) is 29.2. The molecule has 263 valence electrons. The van der Waals surface area contributed by atoms with Crippen LogP contribution in [-0.2, 0) is 44.8 Å². The molecule has 2 atom stereocenters. The van der Waals surface area contributed by atoms with Gasteiger partial charge in [0.05, 0.1) is 45.1 Å². The molecular weight excluding hydrogens is 1040 g/mol. The minimum Gasteiger partial charge on any atom is -0.366 e. The van der Waals surface area contributed by atoms with Crippen LogP contribution >= 0.6 is 15.8 Å². The summed E-state index contributed by atoms with van der Waals surface area (Å²) in [4.78, 5) is 0. The van der Waals surface area contributed by atoms with E-state index < -0.39 is 23.9 Å². The van der Waals surface area contributed by atoms with Crippen molar-refractivity contribution in [3.05, 3.63) is 176 Å². The molecule has 1 heterocycles. The van der Waals surface area contributed by atoms with Crippen LogP contribution in [0.25, 0.3) is 11.1 Å². The van der Waals surface area contributed by atoms with Gasteiger partial charge in [0.1, 0.15) is 11.3 Å². The molecule has 8 rings (SSSR count). The first kappa shape index (κ1) is 39.6. The van der Waals surface area contributed by atoms with Crippen molar-refractivity contribution in [3.63, 3.8) is 0 Å². The van der Waals surface area contributed by atoms with E-state index in [4.69, 9.17) is 6.42 Å².